The summed E-state index contributed by atoms with van der Waals surface area (Å²) in [6.45, 7) is 4.79. The highest BCUT2D eigenvalue weighted by atomic mass is 14.7. The van der Waals surface area contributed by atoms with E-state index in [9.17, 15) is 0 Å². The molecular weight excluding hydrogens is 194 g/mol. The lowest BCUT2D eigenvalue weighted by atomic mass is 9.71. The molecule has 0 aromatic carbocycles. The first kappa shape index (κ1) is 12.4. The van der Waals surface area contributed by atoms with Crippen LogP contribution in [0.2, 0.25) is 0 Å². The maximum atomic E-state index is 6.51. The SMILES string of the molecule is CC1CCC(C(N)C2CCC(C)CC2)CC1. The minimum absolute atomic E-state index is 0.514. The first-order valence-electron chi connectivity index (χ1n) is 7.42. The molecule has 94 valence electrons. The summed E-state index contributed by atoms with van der Waals surface area (Å²) in [6, 6.07) is 0.514. The summed E-state index contributed by atoms with van der Waals surface area (Å²) in [4.78, 5) is 0. The average Bonchev–Trinajstić information content (AvgIpc) is 2.30. The highest BCUT2D eigenvalue weighted by Crippen LogP contribution is 2.37. The fraction of sp³-hybridized carbons (Fsp3) is 1.00. The van der Waals surface area contributed by atoms with Crippen LogP contribution in [0.15, 0.2) is 0 Å². The summed E-state index contributed by atoms with van der Waals surface area (Å²) in [7, 11) is 0. The molecule has 0 heterocycles. The highest BCUT2D eigenvalue weighted by molar-refractivity contribution is 4.86. The molecule has 2 fully saturated rings. The lowest BCUT2D eigenvalue weighted by molar-refractivity contribution is 0.170. The summed E-state index contributed by atoms with van der Waals surface area (Å²) in [5.41, 5.74) is 6.51. The first-order chi connectivity index (χ1) is 7.66. The number of hydrogen-bond donors (Lipinski definition) is 1. The fourth-order valence-corrected chi connectivity index (χ4v) is 3.73. The van der Waals surface area contributed by atoms with Gasteiger partial charge in [-0.3, -0.25) is 0 Å². The van der Waals surface area contributed by atoms with Crippen molar-refractivity contribution in [3.05, 3.63) is 0 Å². The third kappa shape index (κ3) is 3.00. The van der Waals surface area contributed by atoms with Crippen molar-refractivity contribution in [2.45, 2.75) is 71.3 Å². The third-order valence-corrected chi connectivity index (χ3v) is 5.21. The second kappa shape index (κ2) is 5.53. The van der Waals surface area contributed by atoms with E-state index in [0.717, 1.165) is 23.7 Å². The van der Waals surface area contributed by atoms with Crippen molar-refractivity contribution in [1.82, 2.24) is 0 Å². The van der Waals surface area contributed by atoms with E-state index in [1.165, 1.54) is 51.4 Å². The van der Waals surface area contributed by atoms with Gasteiger partial charge < -0.3 is 5.73 Å². The molecule has 1 nitrogen and oxygen atoms in total. The second-order valence-electron chi connectivity index (χ2n) is 6.62. The maximum Gasteiger partial charge on any atom is 0.00956 e. The van der Waals surface area contributed by atoms with E-state index in [4.69, 9.17) is 5.73 Å². The molecule has 2 N–H and O–H groups in total. The Morgan fingerprint density at radius 2 is 1.00 bits per heavy atom. The molecule has 0 amide bonds. The maximum absolute atomic E-state index is 6.51. The Hall–Kier alpha value is -0.0400. The van der Waals surface area contributed by atoms with Gasteiger partial charge in [0, 0.05) is 6.04 Å². The lowest BCUT2D eigenvalue weighted by Crippen LogP contribution is -2.40. The van der Waals surface area contributed by atoms with Crippen molar-refractivity contribution in [1.29, 1.82) is 0 Å². The summed E-state index contributed by atoms with van der Waals surface area (Å²) in [6.07, 6.45) is 11.3. The molecule has 0 radical (unpaired) electrons. The van der Waals surface area contributed by atoms with E-state index in [1.54, 1.807) is 0 Å². The molecule has 2 aliphatic carbocycles. The molecule has 2 aliphatic rings. The molecule has 0 aromatic heterocycles. The van der Waals surface area contributed by atoms with Crippen molar-refractivity contribution >= 4 is 0 Å². The van der Waals surface area contributed by atoms with Crippen molar-refractivity contribution in [2.24, 2.45) is 29.4 Å². The van der Waals surface area contributed by atoms with Gasteiger partial charge in [0.25, 0.3) is 0 Å². The summed E-state index contributed by atoms with van der Waals surface area (Å²) >= 11 is 0. The van der Waals surface area contributed by atoms with E-state index in [0.29, 0.717) is 6.04 Å². The van der Waals surface area contributed by atoms with E-state index in [-0.39, 0.29) is 0 Å². The number of hydrogen-bond acceptors (Lipinski definition) is 1. The average molecular weight is 223 g/mol. The van der Waals surface area contributed by atoms with Gasteiger partial charge in [-0.2, -0.15) is 0 Å². The topological polar surface area (TPSA) is 26.0 Å². The minimum Gasteiger partial charge on any atom is -0.327 e. The van der Waals surface area contributed by atoms with Gasteiger partial charge in [0.2, 0.25) is 0 Å². The molecule has 0 spiro atoms. The normalized spacial score (nSPS) is 42.9. The van der Waals surface area contributed by atoms with Crippen LogP contribution in [0.3, 0.4) is 0 Å². The van der Waals surface area contributed by atoms with Gasteiger partial charge in [-0.15, -0.1) is 0 Å². The molecule has 0 saturated heterocycles. The van der Waals surface area contributed by atoms with Crippen LogP contribution in [0.25, 0.3) is 0 Å². The predicted molar refractivity (Wildman–Crippen MR) is 70.2 cm³/mol. The highest BCUT2D eigenvalue weighted by Gasteiger charge is 2.31. The number of rotatable bonds is 2. The molecular formula is C15H29N. The number of nitrogens with two attached hydrogens (primary N) is 1. The molecule has 0 aromatic rings. The standard InChI is InChI=1S/C15H29N/c1-11-3-7-13(8-4-11)15(16)14-9-5-12(2)6-10-14/h11-15H,3-10,16H2,1-2H3. The van der Waals surface area contributed by atoms with E-state index in [1.807, 2.05) is 0 Å². The van der Waals surface area contributed by atoms with Gasteiger partial charge in [0.05, 0.1) is 0 Å². The quantitative estimate of drug-likeness (QED) is 0.753. The summed E-state index contributed by atoms with van der Waals surface area (Å²) < 4.78 is 0. The largest absolute Gasteiger partial charge is 0.327 e. The molecule has 2 saturated carbocycles. The zero-order chi connectivity index (χ0) is 11.5. The summed E-state index contributed by atoms with van der Waals surface area (Å²) in [5.74, 6) is 3.59. The Balaban J connectivity index is 1.80. The Bertz CT molecular complexity index is 175. The molecule has 0 aliphatic heterocycles. The van der Waals surface area contributed by atoms with Gasteiger partial charge in [0.15, 0.2) is 0 Å². The van der Waals surface area contributed by atoms with Crippen LogP contribution in [0, 0.1) is 23.7 Å². The molecule has 0 bridgehead atoms. The lowest BCUT2D eigenvalue weighted by Gasteiger charge is -2.38. The van der Waals surface area contributed by atoms with Crippen LogP contribution in [0.4, 0.5) is 0 Å². The first-order valence-corrected chi connectivity index (χ1v) is 7.42. The monoisotopic (exact) mass is 223 g/mol. The van der Waals surface area contributed by atoms with E-state index in [2.05, 4.69) is 13.8 Å². The predicted octanol–water partition coefficient (Wildman–Crippen LogP) is 3.97. The van der Waals surface area contributed by atoms with Crippen LogP contribution < -0.4 is 5.73 Å². The fourth-order valence-electron chi connectivity index (χ4n) is 3.73. The zero-order valence-electron chi connectivity index (χ0n) is 11.1. The van der Waals surface area contributed by atoms with E-state index < -0.39 is 0 Å². The Morgan fingerprint density at radius 1 is 0.688 bits per heavy atom. The van der Waals surface area contributed by atoms with E-state index >= 15 is 0 Å². The van der Waals surface area contributed by atoms with Crippen LogP contribution >= 0.6 is 0 Å². The second-order valence-corrected chi connectivity index (χ2v) is 6.62. The Morgan fingerprint density at radius 3 is 1.31 bits per heavy atom. The van der Waals surface area contributed by atoms with Crippen molar-refractivity contribution < 1.29 is 0 Å². The molecule has 1 heteroatoms. The van der Waals surface area contributed by atoms with Gasteiger partial charge in [0.1, 0.15) is 0 Å². The van der Waals surface area contributed by atoms with Crippen molar-refractivity contribution in [3.8, 4) is 0 Å². The Labute approximate surface area is 101 Å². The molecule has 0 unspecified atom stereocenters. The van der Waals surface area contributed by atoms with Crippen LogP contribution in [-0.2, 0) is 0 Å². The zero-order valence-corrected chi connectivity index (χ0v) is 11.1. The van der Waals surface area contributed by atoms with Gasteiger partial charge >= 0.3 is 0 Å². The van der Waals surface area contributed by atoms with Crippen LogP contribution in [0.1, 0.15) is 65.2 Å². The molecule has 2 rings (SSSR count). The minimum atomic E-state index is 0.514. The van der Waals surface area contributed by atoms with Gasteiger partial charge in [-0.25, -0.2) is 0 Å². The van der Waals surface area contributed by atoms with Gasteiger partial charge in [-0.05, 0) is 49.4 Å². The molecule has 16 heavy (non-hydrogen) atoms. The Kier molecular flexibility index (Phi) is 4.29. The van der Waals surface area contributed by atoms with Crippen molar-refractivity contribution in [3.63, 3.8) is 0 Å². The van der Waals surface area contributed by atoms with Crippen LogP contribution in [-0.4, -0.2) is 6.04 Å². The third-order valence-electron chi connectivity index (χ3n) is 5.21. The van der Waals surface area contributed by atoms with Crippen molar-refractivity contribution in [2.75, 3.05) is 0 Å². The van der Waals surface area contributed by atoms with Gasteiger partial charge in [-0.1, -0.05) is 39.5 Å². The molecule has 0 atom stereocenters. The summed E-state index contributed by atoms with van der Waals surface area (Å²) in [5, 5.41) is 0. The van der Waals surface area contributed by atoms with Crippen LogP contribution in [0.5, 0.6) is 0 Å². The smallest absolute Gasteiger partial charge is 0.00956 e.